The Balaban J connectivity index is 2.18. The van der Waals surface area contributed by atoms with E-state index < -0.39 is 0 Å². The maximum atomic E-state index is 12.0. The van der Waals surface area contributed by atoms with E-state index in [9.17, 15) is 9.59 Å². The molecule has 18 heavy (non-hydrogen) atoms. The summed E-state index contributed by atoms with van der Waals surface area (Å²) in [6.45, 7) is 0. The van der Waals surface area contributed by atoms with Gasteiger partial charge >= 0.3 is 0 Å². The van der Waals surface area contributed by atoms with Crippen LogP contribution in [0.5, 0.6) is 5.75 Å². The fourth-order valence-corrected chi connectivity index (χ4v) is 2.25. The van der Waals surface area contributed by atoms with E-state index in [1.807, 2.05) is 0 Å². The Morgan fingerprint density at radius 3 is 2.94 bits per heavy atom. The fourth-order valence-electron chi connectivity index (χ4n) is 1.50. The highest BCUT2D eigenvalue weighted by Gasteiger charge is 2.13. The Bertz CT molecular complexity index is 577. The topological polar surface area (TPSA) is 55.4 Å². The number of amides is 1. The van der Waals surface area contributed by atoms with Crippen LogP contribution >= 0.6 is 11.3 Å². The van der Waals surface area contributed by atoms with E-state index in [1.165, 1.54) is 18.4 Å². The quantitative estimate of drug-likeness (QED) is 0.861. The average molecular weight is 261 g/mol. The molecule has 0 bridgehead atoms. The minimum atomic E-state index is -0.245. The standard InChI is InChI=1S/C13H11NO3S/c1-17-11-5-6-18-12(11)13(16)14-10-4-2-3-9(7-10)8-15/h2-8H,1H3,(H,14,16). The molecule has 0 saturated carbocycles. The van der Waals surface area contributed by atoms with Crippen LogP contribution in [0.4, 0.5) is 5.69 Å². The number of rotatable bonds is 4. The summed E-state index contributed by atoms with van der Waals surface area (Å²) in [4.78, 5) is 23.1. The third-order valence-electron chi connectivity index (χ3n) is 2.34. The molecule has 2 aromatic rings. The van der Waals surface area contributed by atoms with Crippen molar-refractivity contribution in [3.05, 3.63) is 46.2 Å². The first kappa shape index (κ1) is 12.3. The molecule has 1 heterocycles. The van der Waals surface area contributed by atoms with Crippen LogP contribution in [0.25, 0.3) is 0 Å². The maximum Gasteiger partial charge on any atom is 0.269 e. The molecule has 0 aliphatic heterocycles. The molecule has 4 nitrogen and oxygen atoms in total. The summed E-state index contributed by atoms with van der Waals surface area (Å²) in [5.41, 5.74) is 1.10. The van der Waals surface area contributed by atoms with E-state index in [4.69, 9.17) is 4.74 Å². The van der Waals surface area contributed by atoms with Crippen molar-refractivity contribution in [2.45, 2.75) is 0 Å². The van der Waals surface area contributed by atoms with Crippen LogP contribution in [0.2, 0.25) is 0 Å². The highest BCUT2D eigenvalue weighted by Crippen LogP contribution is 2.25. The van der Waals surface area contributed by atoms with Gasteiger partial charge in [-0.05, 0) is 23.6 Å². The second-order valence-corrected chi connectivity index (χ2v) is 4.43. The summed E-state index contributed by atoms with van der Waals surface area (Å²) >= 11 is 1.30. The van der Waals surface area contributed by atoms with Crippen molar-refractivity contribution in [2.75, 3.05) is 12.4 Å². The van der Waals surface area contributed by atoms with Crippen LogP contribution in [0.15, 0.2) is 35.7 Å². The third kappa shape index (κ3) is 2.57. The summed E-state index contributed by atoms with van der Waals surface area (Å²) < 4.78 is 5.08. The van der Waals surface area contributed by atoms with Gasteiger partial charge in [0.1, 0.15) is 16.9 Å². The third-order valence-corrected chi connectivity index (χ3v) is 3.23. The molecule has 0 fully saturated rings. The van der Waals surface area contributed by atoms with Crippen molar-refractivity contribution >= 4 is 29.2 Å². The van der Waals surface area contributed by atoms with Crippen LogP contribution in [-0.4, -0.2) is 19.3 Å². The summed E-state index contributed by atoms with van der Waals surface area (Å²) in [6, 6.07) is 8.47. The summed E-state index contributed by atoms with van der Waals surface area (Å²) in [5.74, 6) is 0.300. The molecule has 92 valence electrons. The van der Waals surface area contributed by atoms with Crippen LogP contribution in [0.3, 0.4) is 0 Å². The van der Waals surface area contributed by atoms with E-state index in [2.05, 4.69) is 5.32 Å². The molecular weight excluding hydrogens is 250 g/mol. The predicted octanol–water partition coefficient (Wildman–Crippen LogP) is 2.82. The van der Waals surface area contributed by atoms with Crippen molar-refractivity contribution in [3.8, 4) is 5.75 Å². The van der Waals surface area contributed by atoms with Crippen molar-refractivity contribution in [2.24, 2.45) is 0 Å². The van der Waals surface area contributed by atoms with Crippen molar-refractivity contribution < 1.29 is 14.3 Å². The number of methoxy groups -OCH3 is 1. The monoisotopic (exact) mass is 261 g/mol. The van der Waals surface area contributed by atoms with Crippen molar-refractivity contribution in [1.29, 1.82) is 0 Å². The Kier molecular flexibility index (Phi) is 3.74. The number of hydrogen-bond donors (Lipinski definition) is 1. The van der Waals surface area contributed by atoms with E-state index in [-0.39, 0.29) is 5.91 Å². The van der Waals surface area contributed by atoms with E-state index in [1.54, 1.807) is 35.7 Å². The van der Waals surface area contributed by atoms with Gasteiger partial charge in [-0.3, -0.25) is 9.59 Å². The zero-order valence-corrected chi connectivity index (χ0v) is 10.5. The second kappa shape index (κ2) is 5.46. The zero-order chi connectivity index (χ0) is 13.0. The fraction of sp³-hybridized carbons (Fsp3) is 0.0769. The average Bonchev–Trinajstić information content (AvgIpc) is 2.87. The molecule has 1 amide bonds. The number of ether oxygens (including phenoxy) is 1. The Labute approximate surface area is 108 Å². The van der Waals surface area contributed by atoms with Crippen molar-refractivity contribution in [3.63, 3.8) is 0 Å². The van der Waals surface area contributed by atoms with Gasteiger partial charge in [0.15, 0.2) is 0 Å². The first-order valence-corrected chi connectivity index (χ1v) is 6.10. The first-order valence-electron chi connectivity index (χ1n) is 5.22. The van der Waals surface area contributed by atoms with E-state index in [0.717, 1.165) is 6.29 Å². The van der Waals surface area contributed by atoms with Gasteiger partial charge in [0.25, 0.3) is 5.91 Å². The summed E-state index contributed by atoms with van der Waals surface area (Å²) in [5, 5.41) is 4.51. The second-order valence-electron chi connectivity index (χ2n) is 3.52. The lowest BCUT2D eigenvalue weighted by Gasteiger charge is -2.05. The van der Waals surface area contributed by atoms with Gasteiger partial charge in [0, 0.05) is 11.3 Å². The predicted molar refractivity (Wildman–Crippen MR) is 70.7 cm³/mol. The lowest BCUT2D eigenvalue weighted by molar-refractivity contribution is 0.102. The van der Waals surface area contributed by atoms with Gasteiger partial charge in [-0.15, -0.1) is 11.3 Å². The highest BCUT2D eigenvalue weighted by atomic mass is 32.1. The number of aldehydes is 1. The number of anilines is 1. The van der Waals surface area contributed by atoms with Gasteiger partial charge in [-0.1, -0.05) is 12.1 Å². The van der Waals surface area contributed by atoms with Crippen molar-refractivity contribution in [1.82, 2.24) is 0 Å². The van der Waals surface area contributed by atoms with Gasteiger partial charge in [-0.2, -0.15) is 0 Å². The summed E-state index contributed by atoms with van der Waals surface area (Å²) in [7, 11) is 1.52. The number of carbonyl (C=O) groups is 2. The number of nitrogens with one attached hydrogen (secondary N) is 1. The number of thiophene rings is 1. The number of benzene rings is 1. The molecule has 1 N–H and O–H groups in total. The van der Waals surface area contributed by atoms with Crippen LogP contribution in [0.1, 0.15) is 20.0 Å². The normalized spacial score (nSPS) is 9.83. The summed E-state index contributed by atoms with van der Waals surface area (Å²) in [6.07, 6.45) is 0.737. The highest BCUT2D eigenvalue weighted by molar-refractivity contribution is 7.12. The molecule has 0 atom stereocenters. The van der Waals surface area contributed by atoms with Gasteiger partial charge in [-0.25, -0.2) is 0 Å². The molecule has 0 aliphatic carbocycles. The van der Waals surface area contributed by atoms with Gasteiger partial charge in [0.05, 0.1) is 7.11 Å². The maximum absolute atomic E-state index is 12.0. The largest absolute Gasteiger partial charge is 0.495 e. The van der Waals surface area contributed by atoms with Crippen LogP contribution in [0, 0.1) is 0 Å². The molecule has 0 aliphatic rings. The lowest BCUT2D eigenvalue weighted by Crippen LogP contribution is -2.11. The Morgan fingerprint density at radius 1 is 1.39 bits per heavy atom. The number of carbonyl (C=O) groups excluding carboxylic acids is 2. The molecule has 0 spiro atoms. The van der Waals surface area contributed by atoms with Gasteiger partial charge < -0.3 is 10.1 Å². The lowest BCUT2D eigenvalue weighted by atomic mass is 10.2. The molecule has 0 radical (unpaired) electrons. The minimum absolute atomic E-state index is 0.245. The molecular formula is C13H11NO3S. The molecule has 5 heteroatoms. The van der Waals surface area contributed by atoms with Crippen LogP contribution in [-0.2, 0) is 0 Å². The molecule has 1 aromatic heterocycles. The van der Waals surface area contributed by atoms with Gasteiger partial charge in [0.2, 0.25) is 0 Å². The molecule has 2 rings (SSSR count). The SMILES string of the molecule is COc1ccsc1C(=O)Nc1cccc(C=O)c1. The van der Waals surface area contributed by atoms with E-state index >= 15 is 0 Å². The zero-order valence-electron chi connectivity index (χ0n) is 9.67. The number of hydrogen-bond acceptors (Lipinski definition) is 4. The van der Waals surface area contributed by atoms with E-state index in [0.29, 0.717) is 21.9 Å². The Hall–Kier alpha value is -2.14. The Morgan fingerprint density at radius 2 is 2.22 bits per heavy atom. The minimum Gasteiger partial charge on any atom is -0.495 e. The molecule has 1 aromatic carbocycles. The molecule has 0 saturated heterocycles. The first-order chi connectivity index (χ1) is 8.74. The smallest absolute Gasteiger partial charge is 0.269 e. The molecule has 0 unspecified atom stereocenters. The van der Waals surface area contributed by atoms with Crippen LogP contribution < -0.4 is 10.1 Å².